The van der Waals surface area contributed by atoms with Crippen molar-refractivity contribution >= 4 is 33.5 Å². The third-order valence-electron chi connectivity index (χ3n) is 4.56. The zero-order valence-corrected chi connectivity index (χ0v) is 14.8. The molecular formula is C22H18N2O3. The number of carboxylic acid groups (broad SMARTS) is 1. The molecule has 0 radical (unpaired) electrons. The maximum Gasteiger partial charge on any atom is 0.335 e. The first-order valence-corrected chi connectivity index (χ1v) is 8.58. The summed E-state index contributed by atoms with van der Waals surface area (Å²) in [6.07, 6.45) is 0. The van der Waals surface area contributed by atoms with Crippen LogP contribution in [0.15, 0.2) is 66.7 Å². The molecule has 0 saturated heterocycles. The Morgan fingerprint density at radius 1 is 1.00 bits per heavy atom. The van der Waals surface area contributed by atoms with Gasteiger partial charge in [0.15, 0.2) is 0 Å². The molecule has 3 aromatic carbocycles. The van der Waals surface area contributed by atoms with Crippen LogP contribution >= 0.6 is 0 Å². The predicted molar refractivity (Wildman–Crippen MR) is 107 cm³/mol. The van der Waals surface area contributed by atoms with Crippen LogP contribution in [0.2, 0.25) is 0 Å². The van der Waals surface area contributed by atoms with Gasteiger partial charge in [0, 0.05) is 17.3 Å². The van der Waals surface area contributed by atoms with E-state index in [0.717, 1.165) is 38.8 Å². The van der Waals surface area contributed by atoms with E-state index < -0.39 is 5.97 Å². The molecule has 5 nitrogen and oxygen atoms in total. The number of rotatable bonds is 5. The second-order valence-electron chi connectivity index (χ2n) is 6.24. The van der Waals surface area contributed by atoms with Crippen LogP contribution in [0.5, 0.6) is 5.75 Å². The summed E-state index contributed by atoms with van der Waals surface area (Å²) >= 11 is 0. The number of carbonyl (C=O) groups is 1. The van der Waals surface area contributed by atoms with Crippen LogP contribution in [-0.2, 0) is 6.54 Å². The number of para-hydroxylation sites is 1. The first-order chi connectivity index (χ1) is 13.2. The van der Waals surface area contributed by atoms with E-state index in [2.05, 4.69) is 5.32 Å². The van der Waals surface area contributed by atoms with E-state index in [0.29, 0.717) is 6.54 Å². The monoisotopic (exact) mass is 358 g/mol. The number of hydrogen-bond acceptors (Lipinski definition) is 4. The summed E-state index contributed by atoms with van der Waals surface area (Å²) in [6.45, 7) is 0.570. The number of benzene rings is 3. The number of ether oxygens (including phenoxy) is 1. The highest BCUT2D eigenvalue weighted by atomic mass is 16.5. The van der Waals surface area contributed by atoms with E-state index in [9.17, 15) is 4.79 Å². The van der Waals surface area contributed by atoms with Gasteiger partial charge in [-0.25, -0.2) is 9.78 Å². The molecule has 4 rings (SSSR count). The van der Waals surface area contributed by atoms with E-state index in [-0.39, 0.29) is 5.56 Å². The first kappa shape index (κ1) is 16.8. The Kier molecular flexibility index (Phi) is 4.34. The van der Waals surface area contributed by atoms with Crippen molar-refractivity contribution in [3.8, 4) is 5.75 Å². The largest absolute Gasteiger partial charge is 0.497 e. The summed E-state index contributed by atoms with van der Waals surface area (Å²) in [5.41, 5.74) is 4.06. The van der Waals surface area contributed by atoms with Gasteiger partial charge in [-0.3, -0.25) is 0 Å². The van der Waals surface area contributed by atoms with Crippen LogP contribution in [-0.4, -0.2) is 23.2 Å². The molecule has 0 atom stereocenters. The van der Waals surface area contributed by atoms with Crippen molar-refractivity contribution in [3.05, 3.63) is 77.9 Å². The molecule has 0 aliphatic rings. The van der Waals surface area contributed by atoms with Gasteiger partial charge in [0.2, 0.25) is 0 Å². The van der Waals surface area contributed by atoms with Crippen LogP contribution in [0, 0.1) is 0 Å². The molecular weight excluding hydrogens is 340 g/mol. The van der Waals surface area contributed by atoms with Gasteiger partial charge in [0.1, 0.15) is 5.75 Å². The summed E-state index contributed by atoms with van der Waals surface area (Å²) in [7, 11) is 1.65. The SMILES string of the molecule is COc1ccc2nc3ccccc3c(NCc3ccc(C(=O)O)cc3)c2c1. The first-order valence-electron chi connectivity index (χ1n) is 8.58. The van der Waals surface area contributed by atoms with Crippen molar-refractivity contribution < 1.29 is 14.6 Å². The van der Waals surface area contributed by atoms with Crippen LogP contribution < -0.4 is 10.1 Å². The lowest BCUT2D eigenvalue weighted by molar-refractivity contribution is 0.0697. The van der Waals surface area contributed by atoms with Crippen LogP contribution in [0.1, 0.15) is 15.9 Å². The van der Waals surface area contributed by atoms with Crippen molar-refractivity contribution in [1.82, 2.24) is 4.98 Å². The molecule has 0 unspecified atom stereocenters. The molecule has 0 bridgehead atoms. The minimum Gasteiger partial charge on any atom is -0.497 e. The lowest BCUT2D eigenvalue weighted by atomic mass is 10.1. The maximum absolute atomic E-state index is 11.0. The van der Waals surface area contributed by atoms with Gasteiger partial charge in [0.05, 0.1) is 29.4 Å². The number of nitrogens with zero attached hydrogens (tertiary/aromatic N) is 1. The Bertz CT molecular complexity index is 1140. The smallest absolute Gasteiger partial charge is 0.335 e. The predicted octanol–water partition coefficient (Wildman–Crippen LogP) is 4.71. The van der Waals surface area contributed by atoms with Gasteiger partial charge < -0.3 is 15.2 Å². The van der Waals surface area contributed by atoms with Gasteiger partial charge in [-0.1, -0.05) is 30.3 Å². The Morgan fingerprint density at radius 3 is 2.48 bits per heavy atom. The van der Waals surface area contributed by atoms with E-state index in [1.807, 2.05) is 54.6 Å². The normalized spacial score (nSPS) is 10.9. The number of pyridine rings is 1. The minimum atomic E-state index is -0.923. The zero-order chi connectivity index (χ0) is 18.8. The van der Waals surface area contributed by atoms with Crippen molar-refractivity contribution in [2.45, 2.75) is 6.54 Å². The standard InChI is InChI=1S/C22H18N2O3/c1-27-16-10-11-20-18(12-16)21(17-4-2-3-5-19(17)24-20)23-13-14-6-8-15(9-7-14)22(25)26/h2-12H,13H2,1H3,(H,23,24)(H,25,26). The lowest BCUT2D eigenvalue weighted by Crippen LogP contribution is -2.03. The molecule has 1 aromatic heterocycles. The number of hydrogen-bond donors (Lipinski definition) is 2. The fourth-order valence-corrected chi connectivity index (χ4v) is 3.14. The van der Waals surface area contributed by atoms with Crippen LogP contribution in [0.4, 0.5) is 5.69 Å². The fourth-order valence-electron chi connectivity index (χ4n) is 3.14. The minimum absolute atomic E-state index is 0.281. The molecule has 27 heavy (non-hydrogen) atoms. The highest BCUT2D eigenvalue weighted by molar-refractivity contribution is 6.07. The molecule has 1 heterocycles. The van der Waals surface area contributed by atoms with Crippen molar-refractivity contribution in [1.29, 1.82) is 0 Å². The second kappa shape index (κ2) is 6.96. The topological polar surface area (TPSA) is 71.5 Å². The number of aromatic nitrogens is 1. The van der Waals surface area contributed by atoms with E-state index in [1.54, 1.807) is 19.2 Å². The molecule has 0 saturated carbocycles. The Morgan fingerprint density at radius 2 is 1.74 bits per heavy atom. The molecule has 0 aliphatic carbocycles. The van der Waals surface area contributed by atoms with Crippen LogP contribution in [0.25, 0.3) is 21.8 Å². The fraction of sp³-hybridized carbons (Fsp3) is 0.0909. The number of fused-ring (bicyclic) bond motifs is 2. The summed E-state index contributed by atoms with van der Waals surface area (Å²) < 4.78 is 5.38. The van der Waals surface area contributed by atoms with Gasteiger partial charge in [-0.15, -0.1) is 0 Å². The van der Waals surface area contributed by atoms with Gasteiger partial charge in [-0.2, -0.15) is 0 Å². The van der Waals surface area contributed by atoms with E-state index >= 15 is 0 Å². The third-order valence-corrected chi connectivity index (χ3v) is 4.56. The Hall–Kier alpha value is -3.60. The molecule has 0 aliphatic heterocycles. The molecule has 4 aromatic rings. The number of anilines is 1. The van der Waals surface area contributed by atoms with E-state index in [4.69, 9.17) is 14.8 Å². The molecule has 5 heteroatoms. The third kappa shape index (κ3) is 3.27. The lowest BCUT2D eigenvalue weighted by Gasteiger charge is -2.14. The number of nitrogens with one attached hydrogen (secondary N) is 1. The molecule has 2 N–H and O–H groups in total. The van der Waals surface area contributed by atoms with Gasteiger partial charge >= 0.3 is 5.97 Å². The van der Waals surface area contributed by atoms with Crippen LogP contribution in [0.3, 0.4) is 0 Å². The van der Waals surface area contributed by atoms with Gasteiger partial charge in [-0.05, 0) is 42.0 Å². The zero-order valence-electron chi connectivity index (χ0n) is 14.8. The summed E-state index contributed by atoms with van der Waals surface area (Å²) in [5.74, 6) is -0.152. The molecule has 0 amide bonds. The molecule has 0 fully saturated rings. The highest BCUT2D eigenvalue weighted by Gasteiger charge is 2.10. The second-order valence-corrected chi connectivity index (χ2v) is 6.24. The quantitative estimate of drug-likeness (QED) is 0.506. The number of aromatic carboxylic acids is 1. The average molecular weight is 358 g/mol. The van der Waals surface area contributed by atoms with Crippen molar-refractivity contribution in [2.24, 2.45) is 0 Å². The number of carboxylic acids is 1. The van der Waals surface area contributed by atoms with Crippen molar-refractivity contribution in [3.63, 3.8) is 0 Å². The number of methoxy groups -OCH3 is 1. The average Bonchev–Trinajstić information content (AvgIpc) is 2.71. The summed E-state index contributed by atoms with van der Waals surface area (Å²) in [6, 6.07) is 20.7. The van der Waals surface area contributed by atoms with Crippen molar-refractivity contribution in [2.75, 3.05) is 12.4 Å². The highest BCUT2D eigenvalue weighted by Crippen LogP contribution is 2.33. The Balaban J connectivity index is 1.76. The van der Waals surface area contributed by atoms with Gasteiger partial charge in [0.25, 0.3) is 0 Å². The summed E-state index contributed by atoms with van der Waals surface area (Å²) in [5, 5.41) is 14.5. The maximum atomic E-state index is 11.0. The summed E-state index contributed by atoms with van der Waals surface area (Å²) in [4.78, 5) is 15.7. The molecule has 0 spiro atoms. The molecule has 134 valence electrons. The van der Waals surface area contributed by atoms with E-state index in [1.165, 1.54) is 0 Å². The Labute approximate surface area is 156 Å².